The van der Waals surface area contributed by atoms with Gasteiger partial charge >= 0.3 is 0 Å². The van der Waals surface area contributed by atoms with Gasteiger partial charge < -0.3 is 15.0 Å². The Balaban J connectivity index is 2.73. The van der Waals surface area contributed by atoms with Crippen molar-refractivity contribution in [3.05, 3.63) is 18.2 Å². The van der Waals surface area contributed by atoms with E-state index >= 15 is 0 Å². The Hall–Kier alpha value is -0.870. The van der Waals surface area contributed by atoms with Gasteiger partial charge in [-0.3, -0.25) is 0 Å². The van der Waals surface area contributed by atoms with Crippen LogP contribution >= 0.6 is 0 Å². The van der Waals surface area contributed by atoms with E-state index in [1.165, 1.54) is 0 Å². The molecule has 1 unspecified atom stereocenters. The van der Waals surface area contributed by atoms with Crippen LogP contribution in [-0.4, -0.2) is 33.3 Å². The molecule has 1 heterocycles. The average Bonchev–Trinajstić information content (AvgIpc) is 2.67. The Morgan fingerprint density at radius 1 is 1.50 bits per heavy atom. The first-order chi connectivity index (χ1) is 7.65. The number of likely N-dealkylation sites (N-methyl/N-ethyl adjacent to an activating group) is 1. The minimum atomic E-state index is -0.266. The number of aromatic nitrogens is 2. The van der Waals surface area contributed by atoms with Crippen molar-refractivity contribution in [2.75, 3.05) is 13.2 Å². The zero-order valence-electron chi connectivity index (χ0n) is 10.5. The third-order valence-electron chi connectivity index (χ3n) is 2.75. The van der Waals surface area contributed by atoms with Crippen LogP contribution in [0.3, 0.4) is 0 Å². The minimum Gasteiger partial charge on any atom is -0.394 e. The number of imidazole rings is 1. The van der Waals surface area contributed by atoms with Crippen LogP contribution in [0.5, 0.6) is 0 Å². The summed E-state index contributed by atoms with van der Waals surface area (Å²) in [6, 6.07) is 0. The summed E-state index contributed by atoms with van der Waals surface area (Å²) in [5, 5.41) is 12.8. The maximum absolute atomic E-state index is 9.44. The molecule has 0 spiro atoms. The van der Waals surface area contributed by atoms with Crippen molar-refractivity contribution < 1.29 is 5.11 Å². The van der Waals surface area contributed by atoms with Crippen molar-refractivity contribution >= 4 is 0 Å². The van der Waals surface area contributed by atoms with E-state index in [2.05, 4.69) is 28.7 Å². The van der Waals surface area contributed by atoms with Crippen molar-refractivity contribution in [2.24, 2.45) is 0 Å². The molecule has 0 radical (unpaired) electrons. The van der Waals surface area contributed by atoms with E-state index in [-0.39, 0.29) is 12.1 Å². The molecule has 1 rings (SSSR count). The van der Waals surface area contributed by atoms with Gasteiger partial charge in [0, 0.05) is 25.4 Å². The Kier molecular flexibility index (Phi) is 4.96. The van der Waals surface area contributed by atoms with Crippen molar-refractivity contribution in [2.45, 2.75) is 45.7 Å². The summed E-state index contributed by atoms with van der Waals surface area (Å²) in [5.41, 5.74) is -0.266. The highest BCUT2D eigenvalue weighted by Gasteiger charge is 2.23. The maximum atomic E-state index is 9.44. The fourth-order valence-corrected chi connectivity index (χ4v) is 1.90. The fraction of sp³-hybridized carbons (Fsp3) is 0.750. The lowest BCUT2D eigenvalue weighted by atomic mass is 10.0. The molecule has 0 bridgehead atoms. The fourth-order valence-electron chi connectivity index (χ4n) is 1.90. The summed E-state index contributed by atoms with van der Waals surface area (Å²) >= 11 is 0. The molecule has 92 valence electrons. The van der Waals surface area contributed by atoms with Gasteiger partial charge in [0.15, 0.2) is 0 Å². The van der Waals surface area contributed by atoms with Crippen LogP contribution in [0.15, 0.2) is 12.4 Å². The largest absolute Gasteiger partial charge is 0.394 e. The van der Waals surface area contributed by atoms with Crippen LogP contribution < -0.4 is 5.32 Å². The minimum absolute atomic E-state index is 0.130. The number of aliphatic hydroxyl groups excluding tert-OH is 1. The van der Waals surface area contributed by atoms with Crippen LogP contribution in [0.2, 0.25) is 0 Å². The second-order valence-electron chi connectivity index (χ2n) is 4.47. The van der Waals surface area contributed by atoms with Gasteiger partial charge in [0.25, 0.3) is 0 Å². The van der Waals surface area contributed by atoms with Gasteiger partial charge in [0.2, 0.25) is 0 Å². The SMILES string of the molecule is CCCc1nccn1CC(C)(CO)NCC. The zero-order valence-corrected chi connectivity index (χ0v) is 10.5. The number of aliphatic hydroxyl groups is 1. The topological polar surface area (TPSA) is 50.1 Å². The summed E-state index contributed by atoms with van der Waals surface area (Å²) in [6.45, 7) is 7.97. The molecule has 1 atom stereocenters. The second kappa shape index (κ2) is 6.01. The first-order valence-corrected chi connectivity index (χ1v) is 6.01. The van der Waals surface area contributed by atoms with Crippen LogP contribution in [0.1, 0.15) is 33.0 Å². The molecule has 1 aromatic heterocycles. The Morgan fingerprint density at radius 3 is 2.81 bits per heavy atom. The first-order valence-electron chi connectivity index (χ1n) is 6.01. The molecule has 0 saturated heterocycles. The normalized spacial score (nSPS) is 15.0. The molecule has 4 heteroatoms. The molecule has 0 aliphatic carbocycles. The maximum Gasteiger partial charge on any atom is 0.108 e. The van der Waals surface area contributed by atoms with Gasteiger partial charge in [-0.15, -0.1) is 0 Å². The lowest BCUT2D eigenvalue weighted by Crippen LogP contribution is -2.49. The molecule has 0 aliphatic rings. The van der Waals surface area contributed by atoms with E-state index in [0.29, 0.717) is 0 Å². The van der Waals surface area contributed by atoms with E-state index in [0.717, 1.165) is 31.8 Å². The standard InChI is InChI=1S/C12H23N3O/c1-4-6-11-13-7-8-15(11)9-12(3,10-16)14-5-2/h7-8,14,16H,4-6,9-10H2,1-3H3. The molecule has 0 amide bonds. The Morgan fingerprint density at radius 2 is 2.25 bits per heavy atom. The van der Waals surface area contributed by atoms with Crippen molar-refractivity contribution in [3.63, 3.8) is 0 Å². The van der Waals surface area contributed by atoms with Gasteiger partial charge in [0.1, 0.15) is 5.82 Å². The van der Waals surface area contributed by atoms with E-state index in [4.69, 9.17) is 0 Å². The third kappa shape index (κ3) is 3.32. The second-order valence-corrected chi connectivity index (χ2v) is 4.47. The van der Waals surface area contributed by atoms with Crippen molar-refractivity contribution in [1.82, 2.24) is 14.9 Å². The van der Waals surface area contributed by atoms with Crippen LogP contribution in [0.4, 0.5) is 0 Å². The molecule has 0 saturated carbocycles. The van der Waals surface area contributed by atoms with Gasteiger partial charge in [-0.2, -0.15) is 0 Å². The lowest BCUT2D eigenvalue weighted by molar-refractivity contribution is 0.158. The van der Waals surface area contributed by atoms with E-state index in [9.17, 15) is 5.11 Å². The number of hydrogen-bond acceptors (Lipinski definition) is 3. The highest BCUT2D eigenvalue weighted by Crippen LogP contribution is 2.10. The molecular formula is C12H23N3O. The van der Waals surface area contributed by atoms with Crippen LogP contribution in [-0.2, 0) is 13.0 Å². The first kappa shape index (κ1) is 13.2. The summed E-state index contributed by atoms with van der Waals surface area (Å²) in [7, 11) is 0. The number of aryl methyl sites for hydroxylation is 1. The van der Waals surface area contributed by atoms with Crippen LogP contribution in [0.25, 0.3) is 0 Å². The smallest absolute Gasteiger partial charge is 0.108 e. The summed E-state index contributed by atoms with van der Waals surface area (Å²) in [5.74, 6) is 1.10. The molecule has 0 aromatic carbocycles. The van der Waals surface area contributed by atoms with E-state index in [1.807, 2.05) is 19.3 Å². The highest BCUT2D eigenvalue weighted by atomic mass is 16.3. The van der Waals surface area contributed by atoms with Gasteiger partial charge in [-0.1, -0.05) is 13.8 Å². The third-order valence-corrected chi connectivity index (χ3v) is 2.75. The molecular weight excluding hydrogens is 202 g/mol. The number of nitrogens with zero attached hydrogens (tertiary/aromatic N) is 2. The summed E-state index contributed by atoms with van der Waals surface area (Å²) in [6.07, 6.45) is 5.89. The average molecular weight is 225 g/mol. The van der Waals surface area contributed by atoms with Crippen LogP contribution in [0, 0.1) is 0 Å². The zero-order chi connectivity index (χ0) is 12.0. The van der Waals surface area contributed by atoms with Crippen molar-refractivity contribution in [1.29, 1.82) is 0 Å². The summed E-state index contributed by atoms with van der Waals surface area (Å²) < 4.78 is 2.13. The molecule has 4 nitrogen and oxygen atoms in total. The van der Waals surface area contributed by atoms with Crippen molar-refractivity contribution in [3.8, 4) is 0 Å². The molecule has 0 fully saturated rings. The van der Waals surface area contributed by atoms with Gasteiger partial charge in [-0.25, -0.2) is 4.98 Å². The monoisotopic (exact) mass is 225 g/mol. The predicted octanol–water partition coefficient (Wildman–Crippen LogP) is 1.20. The number of rotatable bonds is 7. The molecule has 2 N–H and O–H groups in total. The lowest BCUT2D eigenvalue weighted by Gasteiger charge is -2.29. The summed E-state index contributed by atoms with van der Waals surface area (Å²) in [4.78, 5) is 4.34. The quantitative estimate of drug-likeness (QED) is 0.733. The highest BCUT2D eigenvalue weighted by molar-refractivity contribution is 4.96. The van der Waals surface area contributed by atoms with Gasteiger partial charge in [-0.05, 0) is 19.9 Å². The Labute approximate surface area is 97.7 Å². The Bertz CT molecular complexity index is 311. The number of nitrogens with one attached hydrogen (secondary N) is 1. The van der Waals surface area contributed by atoms with Gasteiger partial charge in [0.05, 0.1) is 12.1 Å². The molecule has 0 aliphatic heterocycles. The molecule has 16 heavy (non-hydrogen) atoms. The van der Waals surface area contributed by atoms with E-state index < -0.39 is 0 Å². The predicted molar refractivity (Wildman–Crippen MR) is 65.4 cm³/mol. The molecule has 1 aromatic rings. The number of hydrogen-bond donors (Lipinski definition) is 2. The van der Waals surface area contributed by atoms with E-state index in [1.54, 1.807) is 0 Å².